The van der Waals surface area contributed by atoms with Crippen molar-refractivity contribution in [2.24, 2.45) is 0 Å². The van der Waals surface area contributed by atoms with E-state index in [9.17, 15) is 0 Å². The molecule has 3 aromatic rings. The largest absolute Gasteiger partial charge is 0.491 e. The van der Waals surface area contributed by atoms with Crippen LogP contribution in [-0.2, 0) is 0 Å². The van der Waals surface area contributed by atoms with E-state index >= 15 is 0 Å². The van der Waals surface area contributed by atoms with Gasteiger partial charge in [0, 0.05) is 22.8 Å². The van der Waals surface area contributed by atoms with Crippen LogP contribution in [0.5, 0.6) is 5.75 Å². The van der Waals surface area contributed by atoms with Crippen LogP contribution in [0.1, 0.15) is 0 Å². The van der Waals surface area contributed by atoms with Crippen LogP contribution in [-0.4, -0.2) is 28.3 Å². The van der Waals surface area contributed by atoms with Crippen LogP contribution in [0.4, 0.5) is 5.69 Å². The number of aromatic nitrogens is 3. The van der Waals surface area contributed by atoms with E-state index in [1.807, 2.05) is 18.5 Å². The number of nitrogens with zero attached hydrogens (tertiary/aromatic N) is 1. The summed E-state index contributed by atoms with van der Waals surface area (Å²) in [6.45, 7) is 1.44. The number of H-pyrrole nitrogens is 2. The SMILES string of the molecule is Brc1cc2c3c(c(-c4cn[nH]c4)[nH]c3c1)NCCO2. The molecule has 2 aromatic heterocycles. The summed E-state index contributed by atoms with van der Waals surface area (Å²) < 4.78 is 6.80. The molecule has 5 nitrogen and oxygen atoms in total. The summed E-state index contributed by atoms with van der Waals surface area (Å²) in [5, 5.41) is 11.4. The van der Waals surface area contributed by atoms with Gasteiger partial charge in [-0.1, -0.05) is 15.9 Å². The smallest absolute Gasteiger partial charge is 0.132 e. The Labute approximate surface area is 117 Å². The van der Waals surface area contributed by atoms with Crippen molar-refractivity contribution in [3.8, 4) is 17.0 Å². The molecule has 6 heteroatoms. The lowest BCUT2D eigenvalue weighted by molar-refractivity contribution is 0.339. The molecule has 96 valence electrons. The summed E-state index contributed by atoms with van der Waals surface area (Å²) in [4.78, 5) is 3.43. The number of hydrogen-bond donors (Lipinski definition) is 3. The third kappa shape index (κ3) is 1.63. The molecular weight excluding hydrogens is 308 g/mol. The summed E-state index contributed by atoms with van der Waals surface area (Å²) >= 11 is 3.52. The van der Waals surface area contributed by atoms with Crippen LogP contribution in [0, 0.1) is 0 Å². The molecule has 4 rings (SSSR count). The fraction of sp³-hybridized carbons (Fsp3) is 0.154. The molecule has 3 N–H and O–H groups in total. The number of benzene rings is 1. The van der Waals surface area contributed by atoms with Gasteiger partial charge in [0.1, 0.15) is 12.4 Å². The minimum absolute atomic E-state index is 0.658. The number of nitrogens with one attached hydrogen (secondary N) is 3. The Bertz CT molecular complexity index is 748. The van der Waals surface area contributed by atoms with Crippen LogP contribution in [0.25, 0.3) is 22.2 Å². The van der Waals surface area contributed by atoms with Gasteiger partial charge in [-0.25, -0.2) is 0 Å². The summed E-state index contributed by atoms with van der Waals surface area (Å²) in [5.41, 5.74) is 4.19. The molecule has 19 heavy (non-hydrogen) atoms. The van der Waals surface area contributed by atoms with Gasteiger partial charge in [0.05, 0.1) is 28.5 Å². The first kappa shape index (κ1) is 10.9. The number of hydrogen-bond acceptors (Lipinski definition) is 3. The van der Waals surface area contributed by atoms with Gasteiger partial charge in [-0.3, -0.25) is 5.10 Å². The van der Waals surface area contributed by atoms with Crippen molar-refractivity contribution in [3.63, 3.8) is 0 Å². The number of rotatable bonds is 1. The highest BCUT2D eigenvalue weighted by Gasteiger charge is 2.20. The Morgan fingerprint density at radius 2 is 2.26 bits per heavy atom. The minimum Gasteiger partial charge on any atom is -0.491 e. The van der Waals surface area contributed by atoms with Crippen LogP contribution < -0.4 is 10.1 Å². The van der Waals surface area contributed by atoms with E-state index in [1.54, 1.807) is 0 Å². The number of ether oxygens (including phenoxy) is 1. The lowest BCUT2D eigenvalue weighted by atomic mass is 10.1. The molecule has 0 amide bonds. The van der Waals surface area contributed by atoms with Gasteiger partial charge in [-0.2, -0.15) is 5.10 Å². The molecule has 1 aliphatic rings. The predicted molar refractivity (Wildman–Crippen MR) is 77.6 cm³/mol. The molecule has 0 unspecified atom stereocenters. The zero-order valence-electron chi connectivity index (χ0n) is 9.96. The maximum absolute atomic E-state index is 5.80. The molecule has 0 atom stereocenters. The standard InChI is InChI=1S/C13H11BrN4O/c14-8-3-9-11-10(4-8)19-2-1-15-13(11)12(18-9)7-5-16-17-6-7/h3-6,15,18H,1-2H2,(H,16,17). The summed E-state index contributed by atoms with van der Waals surface area (Å²) in [5.74, 6) is 0.898. The highest BCUT2D eigenvalue weighted by Crippen LogP contribution is 2.42. The Balaban J connectivity index is 2.08. The summed E-state index contributed by atoms with van der Waals surface area (Å²) in [6, 6.07) is 4.06. The molecule has 1 aliphatic heterocycles. The first-order chi connectivity index (χ1) is 9.33. The normalized spacial score (nSPS) is 13.9. The van der Waals surface area contributed by atoms with Crippen molar-refractivity contribution < 1.29 is 4.74 Å². The van der Waals surface area contributed by atoms with Crippen LogP contribution in [0.3, 0.4) is 0 Å². The molecule has 0 saturated heterocycles. The minimum atomic E-state index is 0.658. The maximum Gasteiger partial charge on any atom is 0.132 e. The van der Waals surface area contributed by atoms with Gasteiger partial charge in [0.2, 0.25) is 0 Å². The van der Waals surface area contributed by atoms with Crippen LogP contribution in [0.2, 0.25) is 0 Å². The quantitative estimate of drug-likeness (QED) is 0.646. The second-order valence-electron chi connectivity index (χ2n) is 4.46. The van der Waals surface area contributed by atoms with E-state index in [0.29, 0.717) is 6.61 Å². The van der Waals surface area contributed by atoms with Gasteiger partial charge >= 0.3 is 0 Å². The lowest BCUT2D eigenvalue weighted by Gasteiger charge is -2.04. The topological polar surface area (TPSA) is 65.7 Å². The number of halogens is 1. The van der Waals surface area contributed by atoms with Crippen LogP contribution >= 0.6 is 15.9 Å². The van der Waals surface area contributed by atoms with Crippen molar-refractivity contribution in [1.29, 1.82) is 0 Å². The zero-order valence-corrected chi connectivity index (χ0v) is 11.5. The second kappa shape index (κ2) is 4.03. The Kier molecular flexibility index (Phi) is 2.32. The number of aromatic amines is 2. The zero-order chi connectivity index (χ0) is 12.8. The highest BCUT2D eigenvalue weighted by atomic mass is 79.9. The second-order valence-corrected chi connectivity index (χ2v) is 5.38. The molecule has 0 spiro atoms. The van der Waals surface area contributed by atoms with Gasteiger partial charge in [-0.15, -0.1) is 0 Å². The molecule has 3 heterocycles. The van der Waals surface area contributed by atoms with E-state index in [0.717, 1.165) is 44.6 Å². The van der Waals surface area contributed by atoms with Crippen molar-refractivity contribution in [2.75, 3.05) is 18.5 Å². The first-order valence-electron chi connectivity index (χ1n) is 6.04. The molecule has 0 bridgehead atoms. The Hall–Kier alpha value is -1.95. The third-order valence-electron chi connectivity index (χ3n) is 3.27. The van der Waals surface area contributed by atoms with Gasteiger partial charge in [0.25, 0.3) is 0 Å². The predicted octanol–water partition coefficient (Wildman–Crippen LogP) is 3.12. The summed E-state index contributed by atoms with van der Waals surface area (Å²) in [6.07, 6.45) is 3.69. The van der Waals surface area contributed by atoms with Gasteiger partial charge < -0.3 is 15.0 Å². The van der Waals surface area contributed by atoms with E-state index in [-0.39, 0.29) is 0 Å². The molecular formula is C13H11BrN4O. The Morgan fingerprint density at radius 3 is 3.11 bits per heavy atom. The highest BCUT2D eigenvalue weighted by molar-refractivity contribution is 9.10. The summed E-state index contributed by atoms with van der Waals surface area (Å²) in [7, 11) is 0. The average molecular weight is 319 g/mol. The van der Waals surface area contributed by atoms with Gasteiger partial charge in [0.15, 0.2) is 0 Å². The van der Waals surface area contributed by atoms with E-state index in [4.69, 9.17) is 4.74 Å². The van der Waals surface area contributed by atoms with Crippen molar-refractivity contribution in [2.45, 2.75) is 0 Å². The molecule has 0 fully saturated rings. The fourth-order valence-corrected chi connectivity index (χ4v) is 2.93. The monoisotopic (exact) mass is 318 g/mol. The number of anilines is 1. The Morgan fingerprint density at radius 1 is 1.32 bits per heavy atom. The fourth-order valence-electron chi connectivity index (χ4n) is 2.49. The first-order valence-corrected chi connectivity index (χ1v) is 6.83. The van der Waals surface area contributed by atoms with E-state index in [1.165, 1.54) is 0 Å². The molecule has 0 aliphatic carbocycles. The maximum atomic E-state index is 5.80. The van der Waals surface area contributed by atoms with Gasteiger partial charge in [-0.05, 0) is 12.1 Å². The molecule has 0 radical (unpaired) electrons. The lowest BCUT2D eigenvalue weighted by Crippen LogP contribution is -2.08. The average Bonchev–Trinajstić information content (AvgIpc) is 2.96. The van der Waals surface area contributed by atoms with E-state index in [2.05, 4.69) is 42.5 Å². The van der Waals surface area contributed by atoms with Crippen molar-refractivity contribution >= 4 is 32.5 Å². The molecule has 1 aromatic carbocycles. The third-order valence-corrected chi connectivity index (χ3v) is 3.73. The molecule has 0 saturated carbocycles. The van der Waals surface area contributed by atoms with Crippen molar-refractivity contribution in [1.82, 2.24) is 15.2 Å². The van der Waals surface area contributed by atoms with Crippen molar-refractivity contribution in [3.05, 3.63) is 29.0 Å². The van der Waals surface area contributed by atoms with Crippen LogP contribution in [0.15, 0.2) is 29.0 Å². The van der Waals surface area contributed by atoms with E-state index < -0.39 is 0 Å².